The molecule has 0 saturated heterocycles. The van der Waals surface area contributed by atoms with Crippen LogP contribution >= 0.6 is 0 Å². The Morgan fingerprint density at radius 1 is 1.31 bits per heavy atom. The van der Waals surface area contributed by atoms with Crippen LogP contribution in [0.25, 0.3) is 0 Å². The zero-order chi connectivity index (χ0) is 9.73. The lowest BCUT2D eigenvalue weighted by Crippen LogP contribution is -2.22. The van der Waals surface area contributed by atoms with E-state index in [4.69, 9.17) is 0 Å². The molecule has 0 radical (unpaired) electrons. The Labute approximate surface area is 79.5 Å². The van der Waals surface area contributed by atoms with Crippen molar-refractivity contribution in [2.75, 3.05) is 5.75 Å². The summed E-state index contributed by atoms with van der Waals surface area (Å²) in [4.78, 5) is 2.24. The number of nitrogens with one attached hydrogen (secondary N) is 1. The molecule has 1 aliphatic rings. The maximum absolute atomic E-state index is 11.0. The van der Waals surface area contributed by atoms with Gasteiger partial charge < -0.3 is 0 Å². The van der Waals surface area contributed by atoms with Crippen molar-refractivity contribution in [1.29, 1.82) is 0 Å². The standard InChI is InChI=1S/C8H16N2O2S/c1-2-13(11,12)10-9-8-6-4-3-5-7-8/h10H,2-7H2,1H3. The Morgan fingerprint density at radius 3 is 2.46 bits per heavy atom. The van der Waals surface area contributed by atoms with Crippen molar-refractivity contribution in [3.63, 3.8) is 0 Å². The second-order valence-electron chi connectivity index (χ2n) is 3.23. The molecule has 1 N–H and O–H groups in total. The second-order valence-corrected chi connectivity index (χ2v) is 5.22. The van der Waals surface area contributed by atoms with Gasteiger partial charge in [-0.05, 0) is 32.6 Å². The maximum atomic E-state index is 11.0. The molecule has 0 amide bonds. The van der Waals surface area contributed by atoms with E-state index in [1.165, 1.54) is 6.42 Å². The molecule has 0 atom stereocenters. The van der Waals surface area contributed by atoms with E-state index in [0.29, 0.717) is 0 Å². The van der Waals surface area contributed by atoms with E-state index >= 15 is 0 Å². The fourth-order valence-corrected chi connectivity index (χ4v) is 1.67. The Bertz CT molecular complexity index is 275. The van der Waals surface area contributed by atoms with Crippen LogP contribution in [0.5, 0.6) is 0 Å². The highest BCUT2D eigenvalue weighted by molar-refractivity contribution is 7.89. The number of hydrogen-bond acceptors (Lipinski definition) is 3. The Kier molecular flexibility index (Phi) is 3.71. The van der Waals surface area contributed by atoms with E-state index in [1.54, 1.807) is 6.92 Å². The lowest BCUT2D eigenvalue weighted by atomic mass is 9.99. The van der Waals surface area contributed by atoms with E-state index < -0.39 is 10.0 Å². The molecular weight excluding hydrogens is 188 g/mol. The molecule has 0 aromatic rings. The van der Waals surface area contributed by atoms with Crippen LogP contribution in [0.2, 0.25) is 0 Å². The highest BCUT2D eigenvalue weighted by atomic mass is 32.2. The first-order valence-corrected chi connectivity index (χ1v) is 6.34. The molecule has 0 heterocycles. The number of hydrogen-bond donors (Lipinski definition) is 1. The van der Waals surface area contributed by atoms with Gasteiger partial charge in [-0.1, -0.05) is 6.42 Å². The summed E-state index contributed by atoms with van der Waals surface area (Å²) < 4.78 is 22.0. The minimum absolute atomic E-state index is 0.0871. The molecule has 0 aliphatic heterocycles. The van der Waals surface area contributed by atoms with Crippen molar-refractivity contribution in [1.82, 2.24) is 4.83 Å². The Balaban J connectivity index is 2.47. The number of sulfonamides is 1. The monoisotopic (exact) mass is 204 g/mol. The molecule has 0 unspecified atom stereocenters. The summed E-state index contributed by atoms with van der Waals surface area (Å²) in [5, 5.41) is 3.90. The number of rotatable bonds is 3. The van der Waals surface area contributed by atoms with Gasteiger partial charge in [0.15, 0.2) is 0 Å². The predicted molar refractivity (Wildman–Crippen MR) is 53.1 cm³/mol. The van der Waals surface area contributed by atoms with Gasteiger partial charge in [-0.15, -0.1) is 0 Å². The SMILES string of the molecule is CCS(=O)(=O)NN=C1CCCCC1. The molecular formula is C8H16N2O2S. The van der Waals surface area contributed by atoms with Crippen molar-refractivity contribution in [3.05, 3.63) is 0 Å². The Morgan fingerprint density at radius 2 is 1.92 bits per heavy atom. The van der Waals surface area contributed by atoms with Crippen molar-refractivity contribution in [2.24, 2.45) is 5.10 Å². The van der Waals surface area contributed by atoms with E-state index in [1.807, 2.05) is 0 Å². The third kappa shape index (κ3) is 3.76. The molecule has 0 bridgehead atoms. The van der Waals surface area contributed by atoms with Crippen molar-refractivity contribution in [2.45, 2.75) is 39.0 Å². The molecule has 1 aliphatic carbocycles. The van der Waals surface area contributed by atoms with Crippen LogP contribution in [0.1, 0.15) is 39.0 Å². The third-order valence-corrected chi connectivity index (χ3v) is 3.28. The summed E-state index contributed by atoms with van der Waals surface area (Å²) in [6, 6.07) is 0. The van der Waals surface area contributed by atoms with Crippen molar-refractivity contribution in [3.8, 4) is 0 Å². The molecule has 1 fully saturated rings. The fourth-order valence-electron chi connectivity index (χ4n) is 1.27. The van der Waals surface area contributed by atoms with Gasteiger partial charge in [0, 0.05) is 5.71 Å². The van der Waals surface area contributed by atoms with Gasteiger partial charge in [0.1, 0.15) is 0 Å². The van der Waals surface area contributed by atoms with Gasteiger partial charge in [0.2, 0.25) is 10.0 Å². The van der Waals surface area contributed by atoms with Crippen LogP contribution in [-0.4, -0.2) is 19.9 Å². The Hall–Kier alpha value is -0.580. The summed E-state index contributed by atoms with van der Waals surface area (Å²) in [7, 11) is -3.16. The highest BCUT2D eigenvalue weighted by Gasteiger charge is 2.08. The summed E-state index contributed by atoms with van der Waals surface area (Å²) in [6.45, 7) is 1.60. The lowest BCUT2D eigenvalue weighted by Gasteiger charge is -2.11. The van der Waals surface area contributed by atoms with Crippen LogP contribution < -0.4 is 4.83 Å². The molecule has 1 rings (SSSR count). The average Bonchev–Trinajstić information content (AvgIpc) is 2.17. The molecule has 5 heteroatoms. The van der Waals surface area contributed by atoms with E-state index in [0.717, 1.165) is 31.4 Å². The average molecular weight is 204 g/mol. The quantitative estimate of drug-likeness (QED) is 0.703. The zero-order valence-corrected chi connectivity index (χ0v) is 8.73. The topological polar surface area (TPSA) is 58.5 Å². The highest BCUT2D eigenvalue weighted by Crippen LogP contribution is 2.14. The van der Waals surface area contributed by atoms with Crippen LogP contribution in [0, 0.1) is 0 Å². The number of hydrazone groups is 1. The van der Waals surface area contributed by atoms with Gasteiger partial charge in [-0.25, -0.2) is 13.2 Å². The van der Waals surface area contributed by atoms with Gasteiger partial charge in [0.05, 0.1) is 5.75 Å². The molecule has 1 saturated carbocycles. The van der Waals surface area contributed by atoms with Gasteiger partial charge >= 0.3 is 0 Å². The third-order valence-electron chi connectivity index (χ3n) is 2.15. The smallest absolute Gasteiger partial charge is 0.205 e. The zero-order valence-electron chi connectivity index (χ0n) is 7.91. The first-order chi connectivity index (χ1) is 6.14. The van der Waals surface area contributed by atoms with Crippen LogP contribution in [0.15, 0.2) is 5.10 Å². The molecule has 4 nitrogen and oxygen atoms in total. The maximum Gasteiger partial charge on any atom is 0.247 e. The summed E-state index contributed by atoms with van der Waals surface area (Å²) in [6.07, 6.45) is 5.37. The predicted octanol–water partition coefficient (Wildman–Crippen LogP) is 1.25. The molecule has 13 heavy (non-hydrogen) atoms. The van der Waals surface area contributed by atoms with Crippen LogP contribution in [-0.2, 0) is 10.0 Å². The van der Waals surface area contributed by atoms with E-state index in [9.17, 15) is 8.42 Å². The number of nitrogens with zero attached hydrogens (tertiary/aromatic N) is 1. The van der Waals surface area contributed by atoms with Crippen molar-refractivity contribution < 1.29 is 8.42 Å². The van der Waals surface area contributed by atoms with Gasteiger partial charge in [-0.3, -0.25) is 0 Å². The van der Waals surface area contributed by atoms with Gasteiger partial charge in [-0.2, -0.15) is 5.10 Å². The van der Waals surface area contributed by atoms with Crippen LogP contribution in [0.4, 0.5) is 0 Å². The van der Waals surface area contributed by atoms with Crippen LogP contribution in [0.3, 0.4) is 0 Å². The summed E-state index contributed by atoms with van der Waals surface area (Å²) >= 11 is 0. The molecule has 0 aromatic heterocycles. The molecule has 0 aromatic carbocycles. The summed E-state index contributed by atoms with van der Waals surface area (Å²) in [5.41, 5.74) is 0.989. The minimum Gasteiger partial charge on any atom is -0.205 e. The first kappa shape index (κ1) is 10.5. The molecule has 0 spiro atoms. The minimum atomic E-state index is -3.16. The molecule has 76 valence electrons. The largest absolute Gasteiger partial charge is 0.247 e. The fraction of sp³-hybridized carbons (Fsp3) is 0.875. The lowest BCUT2D eigenvalue weighted by molar-refractivity contribution is 0.584. The van der Waals surface area contributed by atoms with Crippen molar-refractivity contribution >= 4 is 15.7 Å². The second kappa shape index (κ2) is 4.60. The summed E-state index contributed by atoms with van der Waals surface area (Å²) in [5.74, 6) is 0.0871. The van der Waals surface area contributed by atoms with Gasteiger partial charge in [0.25, 0.3) is 0 Å². The van der Waals surface area contributed by atoms with E-state index in [-0.39, 0.29) is 5.75 Å². The first-order valence-electron chi connectivity index (χ1n) is 4.69. The van der Waals surface area contributed by atoms with E-state index in [2.05, 4.69) is 9.93 Å². The normalized spacial score (nSPS) is 18.4.